The zero-order chi connectivity index (χ0) is 13.3. The Morgan fingerprint density at radius 1 is 1.28 bits per heavy atom. The second-order valence-electron chi connectivity index (χ2n) is 3.61. The van der Waals surface area contributed by atoms with Crippen LogP contribution in [0.4, 0.5) is 11.4 Å². The molecule has 0 aliphatic heterocycles. The summed E-state index contributed by atoms with van der Waals surface area (Å²) in [6.45, 7) is 1.84. The average molecular weight is 302 g/mol. The summed E-state index contributed by atoms with van der Waals surface area (Å²) in [4.78, 5) is 12.0. The Kier molecular flexibility index (Phi) is 3.80. The van der Waals surface area contributed by atoms with Gasteiger partial charge in [-0.1, -0.05) is 29.3 Å². The minimum atomic E-state index is -0.981. The van der Waals surface area contributed by atoms with Gasteiger partial charge in [0, 0.05) is 10.3 Å². The van der Waals surface area contributed by atoms with Gasteiger partial charge in [-0.2, -0.15) is 0 Å². The number of thiophene rings is 1. The van der Waals surface area contributed by atoms with Crippen molar-refractivity contribution in [3.8, 4) is 0 Å². The van der Waals surface area contributed by atoms with E-state index < -0.39 is 5.97 Å². The number of halogens is 2. The van der Waals surface area contributed by atoms with Gasteiger partial charge in [0.15, 0.2) is 0 Å². The topological polar surface area (TPSA) is 49.3 Å². The fourth-order valence-corrected chi connectivity index (χ4v) is 2.79. The standard InChI is InChI=1S/C12H9Cl2NO2S/c1-6-10(7(5-18-6)12(16)17)15-11-8(13)3-2-4-9(11)14/h2-5,15H,1H3,(H,16,17). The molecule has 0 aliphatic rings. The molecule has 0 unspecified atom stereocenters. The summed E-state index contributed by atoms with van der Waals surface area (Å²) in [6.07, 6.45) is 0. The van der Waals surface area contributed by atoms with Gasteiger partial charge in [0.05, 0.1) is 27.0 Å². The Bertz CT molecular complexity index is 590. The molecule has 0 radical (unpaired) electrons. The molecule has 0 aliphatic carbocycles. The number of rotatable bonds is 3. The highest BCUT2D eigenvalue weighted by Gasteiger charge is 2.16. The smallest absolute Gasteiger partial charge is 0.338 e. The van der Waals surface area contributed by atoms with E-state index in [9.17, 15) is 4.79 Å². The van der Waals surface area contributed by atoms with E-state index in [0.29, 0.717) is 21.4 Å². The molecule has 0 amide bonds. The third kappa shape index (κ3) is 2.46. The molecule has 6 heteroatoms. The van der Waals surface area contributed by atoms with Gasteiger partial charge in [0.25, 0.3) is 0 Å². The van der Waals surface area contributed by atoms with Crippen molar-refractivity contribution in [1.29, 1.82) is 0 Å². The molecule has 18 heavy (non-hydrogen) atoms. The largest absolute Gasteiger partial charge is 0.478 e. The molecular weight excluding hydrogens is 293 g/mol. The lowest BCUT2D eigenvalue weighted by Crippen LogP contribution is -2.01. The molecule has 0 fully saturated rings. The van der Waals surface area contributed by atoms with Gasteiger partial charge in [-0.15, -0.1) is 11.3 Å². The SMILES string of the molecule is Cc1scc(C(=O)O)c1Nc1c(Cl)cccc1Cl. The van der Waals surface area contributed by atoms with Crippen molar-refractivity contribution in [2.24, 2.45) is 0 Å². The Labute approximate surface area is 118 Å². The minimum absolute atomic E-state index is 0.216. The van der Waals surface area contributed by atoms with E-state index in [4.69, 9.17) is 28.3 Å². The molecule has 1 aromatic heterocycles. The van der Waals surface area contributed by atoms with Crippen LogP contribution in [0.25, 0.3) is 0 Å². The first-order valence-electron chi connectivity index (χ1n) is 5.03. The molecule has 0 spiro atoms. The number of hydrogen-bond donors (Lipinski definition) is 2. The number of anilines is 2. The first kappa shape index (κ1) is 13.2. The van der Waals surface area contributed by atoms with Gasteiger partial charge < -0.3 is 10.4 Å². The minimum Gasteiger partial charge on any atom is -0.478 e. The van der Waals surface area contributed by atoms with Crippen molar-refractivity contribution in [1.82, 2.24) is 0 Å². The van der Waals surface area contributed by atoms with E-state index in [2.05, 4.69) is 5.32 Å². The van der Waals surface area contributed by atoms with Crippen molar-refractivity contribution in [2.75, 3.05) is 5.32 Å². The van der Waals surface area contributed by atoms with E-state index >= 15 is 0 Å². The molecule has 3 nitrogen and oxygen atoms in total. The highest BCUT2D eigenvalue weighted by atomic mass is 35.5. The third-order valence-corrected chi connectivity index (χ3v) is 3.96. The van der Waals surface area contributed by atoms with Crippen LogP contribution in [-0.4, -0.2) is 11.1 Å². The van der Waals surface area contributed by atoms with E-state index in [-0.39, 0.29) is 5.56 Å². The lowest BCUT2D eigenvalue weighted by atomic mass is 10.2. The van der Waals surface area contributed by atoms with Crippen molar-refractivity contribution in [2.45, 2.75) is 6.92 Å². The van der Waals surface area contributed by atoms with Crippen LogP contribution in [-0.2, 0) is 0 Å². The molecule has 2 rings (SSSR count). The van der Waals surface area contributed by atoms with Crippen LogP contribution in [0.5, 0.6) is 0 Å². The Morgan fingerprint density at radius 2 is 1.89 bits per heavy atom. The average Bonchev–Trinajstić information content (AvgIpc) is 2.66. The highest BCUT2D eigenvalue weighted by Crippen LogP contribution is 2.36. The van der Waals surface area contributed by atoms with Gasteiger partial charge >= 0.3 is 5.97 Å². The molecule has 0 bridgehead atoms. The predicted octanol–water partition coefficient (Wildman–Crippen LogP) is 4.81. The van der Waals surface area contributed by atoms with Crippen LogP contribution in [0.3, 0.4) is 0 Å². The maximum Gasteiger partial charge on any atom is 0.338 e. The maximum atomic E-state index is 11.1. The molecule has 1 aromatic carbocycles. The molecule has 0 saturated carbocycles. The van der Waals surface area contributed by atoms with Gasteiger partial charge in [0.1, 0.15) is 0 Å². The van der Waals surface area contributed by atoms with Gasteiger partial charge in [0.2, 0.25) is 0 Å². The maximum absolute atomic E-state index is 11.1. The van der Waals surface area contributed by atoms with Crippen molar-refractivity contribution in [3.05, 3.63) is 44.1 Å². The van der Waals surface area contributed by atoms with Crippen molar-refractivity contribution in [3.63, 3.8) is 0 Å². The quantitative estimate of drug-likeness (QED) is 0.855. The number of nitrogens with one attached hydrogen (secondary N) is 1. The molecule has 2 N–H and O–H groups in total. The molecular formula is C12H9Cl2NO2S. The Hall–Kier alpha value is -1.23. The Morgan fingerprint density at radius 3 is 2.44 bits per heavy atom. The fraction of sp³-hybridized carbons (Fsp3) is 0.0833. The number of para-hydroxylation sites is 1. The zero-order valence-electron chi connectivity index (χ0n) is 9.33. The summed E-state index contributed by atoms with van der Waals surface area (Å²) >= 11 is 13.4. The van der Waals surface area contributed by atoms with E-state index in [1.165, 1.54) is 11.3 Å². The van der Waals surface area contributed by atoms with Crippen LogP contribution in [0.15, 0.2) is 23.6 Å². The number of carboxylic acid groups (broad SMARTS) is 1. The monoisotopic (exact) mass is 301 g/mol. The summed E-state index contributed by atoms with van der Waals surface area (Å²) < 4.78 is 0. The number of carbonyl (C=O) groups is 1. The summed E-state index contributed by atoms with van der Waals surface area (Å²) in [7, 11) is 0. The third-order valence-electron chi connectivity index (χ3n) is 2.42. The van der Waals surface area contributed by atoms with Crippen LogP contribution in [0.2, 0.25) is 10.0 Å². The first-order chi connectivity index (χ1) is 8.50. The van der Waals surface area contributed by atoms with Crippen LogP contribution < -0.4 is 5.32 Å². The number of carboxylic acids is 1. The normalized spacial score (nSPS) is 10.4. The summed E-state index contributed by atoms with van der Waals surface area (Å²) in [5.41, 5.74) is 1.26. The van der Waals surface area contributed by atoms with E-state index in [1.54, 1.807) is 23.6 Å². The predicted molar refractivity (Wildman–Crippen MR) is 75.8 cm³/mol. The van der Waals surface area contributed by atoms with Gasteiger partial charge in [-0.3, -0.25) is 0 Å². The first-order valence-corrected chi connectivity index (χ1v) is 6.66. The van der Waals surface area contributed by atoms with Gasteiger partial charge in [-0.25, -0.2) is 4.79 Å². The van der Waals surface area contributed by atoms with Gasteiger partial charge in [-0.05, 0) is 19.1 Å². The van der Waals surface area contributed by atoms with Crippen LogP contribution >= 0.6 is 34.5 Å². The molecule has 1 heterocycles. The fourth-order valence-electron chi connectivity index (χ4n) is 1.51. The second kappa shape index (κ2) is 5.18. The lowest BCUT2D eigenvalue weighted by Gasteiger charge is -2.11. The summed E-state index contributed by atoms with van der Waals surface area (Å²) in [5, 5.41) is 14.6. The van der Waals surface area contributed by atoms with E-state index in [1.807, 2.05) is 6.92 Å². The molecule has 0 saturated heterocycles. The number of hydrogen-bond acceptors (Lipinski definition) is 3. The molecule has 0 atom stereocenters. The van der Waals surface area contributed by atoms with Crippen LogP contribution in [0, 0.1) is 6.92 Å². The number of aromatic carboxylic acids is 1. The highest BCUT2D eigenvalue weighted by molar-refractivity contribution is 7.10. The van der Waals surface area contributed by atoms with Crippen molar-refractivity contribution >= 4 is 51.9 Å². The van der Waals surface area contributed by atoms with Crippen molar-refractivity contribution < 1.29 is 9.90 Å². The number of benzene rings is 1. The van der Waals surface area contributed by atoms with E-state index in [0.717, 1.165) is 4.88 Å². The summed E-state index contributed by atoms with van der Waals surface area (Å²) in [6, 6.07) is 5.12. The molecule has 94 valence electrons. The zero-order valence-corrected chi connectivity index (χ0v) is 11.7. The van der Waals surface area contributed by atoms with Crippen LogP contribution in [0.1, 0.15) is 15.2 Å². The molecule has 2 aromatic rings. The Balaban J connectivity index is 2.46. The second-order valence-corrected chi connectivity index (χ2v) is 5.51. The number of aryl methyl sites for hydroxylation is 1. The summed E-state index contributed by atoms with van der Waals surface area (Å²) in [5.74, 6) is -0.981. The lowest BCUT2D eigenvalue weighted by molar-refractivity contribution is 0.0698.